The van der Waals surface area contributed by atoms with Crippen LogP contribution in [0, 0.1) is 0 Å². The van der Waals surface area contributed by atoms with Gasteiger partial charge in [0, 0.05) is 23.7 Å². The average Bonchev–Trinajstić information content (AvgIpc) is 2.84. The molecular formula is C14H19ClN3O2+. The summed E-state index contributed by atoms with van der Waals surface area (Å²) < 4.78 is 0. The van der Waals surface area contributed by atoms with Crippen molar-refractivity contribution in [3.63, 3.8) is 0 Å². The number of nitrogens with two attached hydrogens (primary N) is 1. The van der Waals surface area contributed by atoms with Crippen molar-refractivity contribution in [2.24, 2.45) is 0 Å². The number of amides is 3. The zero-order valence-corrected chi connectivity index (χ0v) is 12.4. The first kappa shape index (κ1) is 14.8. The highest BCUT2D eigenvalue weighted by molar-refractivity contribution is 6.30. The highest BCUT2D eigenvalue weighted by atomic mass is 35.5. The van der Waals surface area contributed by atoms with E-state index >= 15 is 0 Å². The Morgan fingerprint density at radius 1 is 1.35 bits per heavy atom. The molecule has 0 aromatic heterocycles. The molecule has 108 valence electrons. The molecule has 1 fully saturated rings. The van der Waals surface area contributed by atoms with Gasteiger partial charge in [-0.2, -0.15) is 0 Å². The van der Waals surface area contributed by atoms with Crippen molar-refractivity contribution in [1.29, 1.82) is 0 Å². The number of urea groups is 1. The van der Waals surface area contributed by atoms with E-state index in [1.807, 2.05) is 43.4 Å². The van der Waals surface area contributed by atoms with Crippen LogP contribution in [0.2, 0.25) is 5.02 Å². The number of quaternary nitrogens is 1. The minimum atomic E-state index is -0.301. The van der Waals surface area contributed by atoms with Crippen molar-refractivity contribution < 1.29 is 14.9 Å². The topological polar surface area (TPSA) is 66.0 Å². The molecular weight excluding hydrogens is 278 g/mol. The van der Waals surface area contributed by atoms with E-state index in [1.54, 1.807) is 0 Å². The molecule has 1 saturated heterocycles. The summed E-state index contributed by atoms with van der Waals surface area (Å²) in [5, 5.41) is 5.28. The van der Waals surface area contributed by atoms with Crippen molar-refractivity contribution in [3.8, 4) is 0 Å². The Hall–Kier alpha value is -1.59. The van der Waals surface area contributed by atoms with Crippen LogP contribution in [-0.4, -0.2) is 36.0 Å². The molecule has 0 bridgehead atoms. The van der Waals surface area contributed by atoms with Gasteiger partial charge in [-0.3, -0.25) is 9.69 Å². The third kappa shape index (κ3) is 3.29. The molecule has 5 nitrogen and oxygen atoms in total. The van der Waals surface area contributed by atoms with Crippen LogP contribution in [0.5, 0.6) is 0 Å². The largest absolute Gasteiger partial charge is 0.336 e. The van der Waals surface area contributed by atoms with Crippen LogP contribution in [0.15, 0.2) is 24.3 Å². The molecule has 0 aliphatic carbocycles. The molecule has 6 heteroatoms. The molecule has 20 heavy (non-hydrogen) atoms. The number of imide groups is 1. The standard InChI is InChI=1S/C14H18ClN3O2/c1-9(11-3-5-12(15)6-4-11)17-10(2)13(19)18-8-7-16-14(18)20/h3-6,9-10,17H,7-8H2,1-2H3,(H,16,20)/p+1/t9-,10+/m0/s1. The molecule has 0 saturated carbocycles. The molecule has 0 spiro atoms. The minimum absolute atomic E-state index is 0.122. The zero-order valence-electron chi connectivity index (χ0n) is 11.6. The fourth-order valence-electron chi connectivity index (χ4n) is 2.32. The molecule has 1 aromatic carbocycles. The number of carbonyl (C=O) groups is 2. The molecule has 3 amide bonds. The number of benzene rings is 1. The monoisotopic (exact) mass is 296 g/mol. The lowest BCUT2D eigenvalue weighted by molar-refractivity contribution is -0.710. The van der Waals surface area contributed by atoms with Crippen LogP contribution in [-0.2, 0) is 4.79 Å². The molecule has 2 rings (SSSR count). The fourth-order valence-corrected chi connectivity index (χ4v) is 2.45. The highest BCUT2D eigenvalue weighted by Crippen LogP contribution is 2.13. The number of halogens is 1. The number of nitrogens with zero attached hydrogens (tertiary/aromatic N) is 1. The van der Waals surface area contributed by atoms with Crippen LogP contribution in [0.1, 0.15) is 25.5 Å². The normalized spacial score (nSPS) is 17.8. The molecule has 0 unspecified atom stereocenters. The molecule has 1 aliphatic rings. The van der Waals surface area contributed by atoms with E-state index in [-0.39, 0.29) is 24.0 Å². The summed E-state index contributed by atoms with van der Waals surface area (Å²) in [6.45, 7) is 4.83. The molecule has 1 aliphatic heterocycles. The van der Waals surface area contributed by atoms with Gasteiger partial charge >= 0.3 is 6.03 Å². The van der Waals surface area contributed by atoms with Gasteiger partial charge in [0.2, 0.25) is 0 Å². The van der Waals surface area contributed by atoms with Gasteiger partial charge in [0.15, 0.2) is 6.04 Å². The Morgan fingerprint density at radius 2 is 2.00 bits per heavy atom. The number of rotatable bonds is 4. The third-order valence-corrected chi connectivity index (χ3v) is 3.74. The van der Waals surface area contributed by atoms with E-state index in [4.69, 9.17) is 11.6 Å². The van der Waals surface area contributed by atoms with Crippen LogP contribution in [0.3, 0.4) is 0 Å². The third-order valence-electron chi connectivity index (χ3n) is 3.49. The minimum Gasteiger partial charge on any atom is -0.336 e. The Morgan fingerprint density at radius 3 is 2.55 bits per heavy atom. The molecule has 2 atom stereocenters. The first-order chi connectivity index (χ1) is 9.49. The summed E-state index contributed by atoms with van der Waals surface area (Å²) in [5.41, 5.74) is 1.10. The predicted octanol–water partition coefficient (Wildman–Crippen LogP) is 0.905. The highest BCUT2D eigenvalue weighted by Gasteiger charge is 2.32. The number of hydrogen-bond donors (Lipinski definition) is 2. The first-order valence-corrected chi connectivity index (χ1v) is 7.06. The fraction of sp³-hybridized carbons (Fsp3) is 0.429. The van der Waals surface area contributed by atoms with Crippen molar-refractivity contribution in [1.82, 2.24) is 10.2 Å². The van der Waals surface area contributed by atoms with Crippen molar-refractivity contribution >= 4 is 23.5 Å². The Balaban J connectivity index is 1.96. The summed E-state index contributed by atoms with van der Waals surface area (Å²) >= 11 is 5.86. The van der Waals surface area contributed by atoms with Crippen LogP contribution in [0.25, 0.3) is 0 Å². The van der Waals surface area contributed by atoms with Crippen molar-refractivity contribution in [2.75, 3.05) is 13.1 Å². The summed E-state index contributed by atoms with van der Waals surface area (Å²) in [6.07, 6.45) is 0. The van der Waals surface area contributed by atoms with Crippen LogP contribution in [0.4, 0.5) is 4.79 Å². The van der Waals surface area contributed by atoms with E-state index in [1.165, 1.54) is 4.90 Å². The van der Waals surface area contributed by atoms with E-state index in [2.05, 4.69) is 5.32 Å². The zero-order chi connectivity index (χ0) is 14.7. The second-order valence-electron chi connectivity index (χ2n) is 5.04. The SMILES string of the molecule is C[C@H]([NH2+][C@H](C)C(=O)N1CCNC1=O)c1ccc(Cl)cc1. The first-order valence-electron chi connectivity index (χ1n) is 6.68. The van der Waals surface area contributed by atoms with Crippen LogP contribution >= 0.6 is 11.6 Å². The quantitative estimate of drug-likeness (QED) is 0.867. The average molecular weight is 297 g/mol. The smallest absolute Gasteiger partial charge is 0.324 e. The second kappa shape index (κ2) is 6.24. The number of nitrogens with one attached hydrogen (secondary N) is 1. The van der Waals surface area contributed by atoms with Crippen molar-refractivity contribution in [3.05, 3.63) is 34.9 Å². The van der Waals surface area contributed by atoms with Gasteiger partial charge in [-0.05, 0) is 26.0 Å². The van der Waals surface area contributed by atoms with E-state index in [9.17, 15) is 9.59 Å². The molecule has 1 heterocycles. The van der Waals surface area contributed by atoms with Crippen LogP contribution < -0.4 is 10.6 Å². The summed E-state index contributed by atoms with van der Waals surface area (Å²) in [7, 11) is 0. The lowest BCUT2D eigenvalue weighted by atomic mass is 10.1. The van der Waals surface area contributed by atoms with Crippen molar-refractivity contribution in [2.45, 2.75) is 25.9 Å². The lowest BCUT2D eigenvalue weighted by Gasteiger charge is -2.20. The van der Waals surface area contributed by atoms with Gasteiger partial charge in [0.1, 0.15) is 6.04 Å². The molecule has 0 radical (unpaired) electrons. The number of hydrogen-bond acceptors (Lipinski definition) is 2. The summed E-state index contributed by atoms with van der Waals surface area (Å²) in [4.78, 5) is 24.9. The van der Waals surface area contributed by atoms with Gasteiger partial charge in [-0.25, -0.2) is 4.79 Å². The second-order valence-corrected chi connectivity index (χ2v) is 5.48. The maximum absolute atomic E-state index is 12.2. The van der Waals surface area contributed by atoms with Gasteiger partial charge < -0.3 is 10.6 Å². The maximum atomic E-state index is 12.2. The summed E-state index contributed by atoms with van der Waals surface area (Å²) in [6, 6.07) is 7.09. The van der Waals surface area contributed by atoms with Gasteiger partial charge in [-0.1, -0.05) is 23.7 Å². The maximum Gasteiger partial charge on any atom is 0.324 e. The van der Waals surface area contributed by atoms with E-state index < -0.39 is 0 Å². The van der Waals surface area contributed by atoms with E-state index in [0.717, 1.165) is 5.56 Å². The Bertz CT molecular complexity index is 504. The van der Waals surface area contributed by atoms with Gasteiger partial charge in [0.25, 0.3) is 5.91 Å². The van der Waals surface area contributed by atoms with E-state index in [0.29, 0.717) is 18.1 Å². The predicted molar refractivity (Wildman–Crippen MR) is 76.4 cm³/mol. The molecule has 3 N–H and O–H groups in total. The Kier molecular flexibility index (Phi) is 4.62. The summed E-state index contributed by atoms with van der Waals surface area (Å²) in [5.74, 6) is -0.152. The molecule has 1 aromatic rings. The number of carbonyl (C=O) groups excluding carboxylic acids is 2. The Labute approximate surface area is 123 Å². The lowest BCUT2D eigenvalue weighted by Crippen LogP contribution is -2.92. The van der Waals surface area contributed by atoms with Gasteiger partial charge in [0.05, 0.1) is 0 Å². The van der Waals surface area contributed by atoms with Gasteiger partial charge in [-0.15, -0.1) is 0 Å².